The van der Waals surface area contributed by atoms with Gasteiger partial charge in [-0.3, -0.25) is 9.59 Å². The molecule has 2 atom stereocenters. The summed E-state index contributed by atoms with van der Waals surface area (Å²) in [5.41, 5.74) is 5.30. The summed E-state index contributed by atoms with van der Waals surface area (Å²) >= 11 is 0. The van der Waals surface area contributed by atoms with Gasteiger partial charge in [0.15, 0.2) is 13.2 Å². The van der Waals surface area contributed by atoms with Crippen LogP contribution in [0, 0.1) is 11.8 Å². The molecule has 0 bridgehead atoms. The van der Waals surface area contributed by atoms with Crippen molar-refractivity contribution in [2.45, 2.75) is 20.3 Å². The summed E-state index contributed by atoms with van der Waals surface area (Å²) in [6.45, 7) is 5.13. The lowest BCUT2D eigenvalue weighted by molar-refractivity contribution is -0.137. The topological polar surface area (TPSA) is 98.9 Å². The molecule has 1 fully saturated rings. The average Bonchev–Trinajstić information content (AvgIpc) is 2.57. The molecule has 0 saturated carbocycles. The Balaban J connectivity index is 1.83. The predicted molar refractivity (Wildman–Crippen MR) is 90.9 cm³/mol. The van der Waals surface area contributed by atoms with E-state index < -0.39 is 11.9 Å². The standard InChI is InChI=1S/C18H24N2O5/c1-12-7-13(2)9-20(8-12)17(22)11-25-18(23)14-3-5-15(6-4-14)24-10-16(19)21/h3-6,12-13H,7-11H2,1-2H3,(H2,19,21). The quantitative estimate of drug-likeness (QED) is 0.779. The number of carbonyl (C=O) groups is 3. The van der Waals surface area contributed by atoms with Crippen molar-refractivity contribution in [2.24, 2.45) is 17.6 Å². The molecular weight excluding hydrogens is 324 g/mol. The van der Waals surface area contributed by atoms with Gasteiger partial charge in [0.2, 0.25) is 0 Å². The van der Waals surface area contributed by atoms with Crippen LogP contribution in [0.25, 0.3) is 0 Å². The van der Waals surface area contributed by atoms with Crippen LogP contribution in [0.4, 0.5) is 0 Å². The first-order valence-corrected chi connectivity index (χ1v) is 8.31. The average molecular weight is 348 g/mol. The van der Waals surface area contributed by atoms with E-state index in [9.17, 15) is 14.4 Å². The number of nitrogens with two attached hydrogens (primary N) is 1. The van der Waals surface area contributed by atoms with Gasteiger partial charge >= 0.3 is 5.97 Å². The van der Waals surface area contributed by atoms with Crippen LogP contribution in [-0.4, -0.2) is 49.0 Å². The molecule has 25 heavy (non-hydrogen) atoms. The van der Waals surface area contributed by atoms with Gasteiger partial charge < -0.3 is 20.1 Å². The van der Waals surface area contributed by atoms with Crippen LogP contribution in [0.1, 0.15) is 30.6 Å². The lowest BCUT2D eigenvalue weighted by Gasteiger charge is -2.34. The Morgan fingerprint density at radius 2 is 1.68 bits per heavy atom. The van der Waals surface area contributed by atoms with Crippen molar-refractivity contribution >= 4 is 17.8 Å². The zero-order valence-electron chi connectivity index (χ0n) is 14.6. The first-order valence-electron chi connectivity index (χ1n) is 8.31. The van der Waals surface area contributed by atoms with E-state index in [0.717, 1.165) is 6.42 Å². The van der Waals surface area contributed by atoms with E-state index >= 15 is 0 Å². The summed E-state index contributed by atoms with van der Waals surface area (Å²) in [7, 11) is 0. The molecule has 1 aromatic carbocycles. The summed E-state index contributed by atoms with van der Waals surface area (Å²) in [6, 6.07) is 6.09. The van der Waals surface area contributed by atoms with E-state index in [1.165, 1.54) is 24.3 Å². The van der Waals surface area contributed by atoms with E-state index in [0.29, 0.717) is 36.2 Å². The molecular formula is C18H24N2O5. The monoisotopic (exact) mass is 348 g/mol. The minimum atomic E-state index is -0.580. The van der Waals surface area contributed by atoms with Gasteiger partial charge in [-0.2, -0.15) is 0 Å². The molecule has 1 aliphatic rings. The van der Waals surface area contributed by atoms with Crippen molar-refractivity contribution in [1.29, 1.82) is 0 Å². The van der Waals surface area contributed by atoms with Crippen molar-refractivity contribution in [3.63, 3.8) is 0 Å². The smallest absolute Gasteiger partial charge is 0.338 e. The maximum Gasteiger partial charge on any atom is 0.338 e. The lowest BCUT2D eigenvalue weighted by atomic mass is 9.92. The van der Waals surface area contributed by atoms with Crippen LogP contribution in [0.2, 0.25) is 0 Å². The fourth-order valence-electron chi connectivity index (χ4n) is 3.01. The number of hydrogen-bond acceptors (Lipinski definition) is 5. The summed E-state index contributed by atoms with van der Waals surface area (Å²) < 4.78 is 10.2. The fourth-order valence-corrected chi connectivity index (χ4v) is 3.01. The zero-order chi connectivity index (χ0) is 18.4. The summed E-state index contributed by atoms with van der Waals surface area (Å²) in [6.07, 6.45) is 1.10. The maximum absolute atomic E-state index is 12.2. The van der Waals surface area contributed by atoms with Gasteiger partial charge in [-0.05, 0) is 42.5 Å². The second kappa shape index (κ2) is 8.50. The Morgan fingerprint density at radius 1 is 1.08 bits per heavy atom. The highest BCUT2D eigenvalue weighted by Crippen LogP contribution is 2.21. The van der Waals surface area contributed by atoms with Crippen molar-refractivity contribution in [1.82, 2.24) is 4.90 Å². The molecule has 0 radical (unpaired) electrons. The molecule has 7 nitrogen and oxygen atoms in total. The maximum atomic E-state index is 12.2. The number of nitrogens with zero attached hydrogens (tertiary/aromatic N) is 1. The largest absolute Gasteiger partial charge is 0.484 e. The molecule has 0 aliphatic carbocycles. The highest BCUT2D eigenvalue weighted by Gasteiger charge is 2.26. The van der Waals surface area contributed by atoms with E-state index in [1.807, 2.05) is 0 Å². The molecule has 7 heteroatoms. The molecule has 0 aromatic heterocycles. The van der Waals surface area contributed by atoms with Crippen LogP contribution in [0.5, 0.6) is 5.75 Å². The molecule has 1 aromatic rings. The van der Waals surface area contributed by atoms with Crippen molar-refractivity contribution in [3.8, 4) is 5.75 Å². The third kappa shape index (κ3) is 5.77. The van der Waals surface area contributed by atoms with Gasteiger partial charge in [0.1, 0.15) is 5.75 Å². The number of hydrogen-bond donors (Lipinski definition) is 1. The van der Waals surface area contributed by atoms with Gasteiger partial charge in [-0.1, -0.05) is 13.8 Å². The Hall–Kier alpha value is -2.57. The van der Waals surface area contributed by atoms with E-state index in [2.05, 4.69) is 13.8 Å². The Bertz CT molecular complexity index is 619. The number of likely N-dealkylation sites (tertiary alicyclic amines) is 1. The van der Waals surface area contributed by atoms with E-state index in [4.69, 9.17) is 15.2 Å². The minimum Gasteiger partial charge on any atom is -0.484 e. The lowest BCUT2D eigenvalue weighted by Crippen LogP contribution is -2.44. The van der Waals surface area contributed by atoms with Gasteiger partial charge in [0, 0.05) is 13.1 Å². The highest BCUT2D eigenvalue weighted by molar-refractivity contribution is 5.91. The minimum absolute atomic E-state index is 0.173. The third-order valence-electron chi connectivity index (χ3n) is 4.02. The number of primary amides is 1. The number of benzene rings is 1. The highest BCUT2D eigenvalue weighted by atomic mass is 16.5. The normalized spacial score (nSPS) is 20.0. The molecule has 136 valence electrons. The number of amides is 2. The van der Waals surface area contributed by atoms with Gasteiger partial charge in [-0.15, -0.1) is 0 Å². The number of ether oxygens (including phenoxy) is 2. The van der Waals surface area contributed by atoms with Crippen LogP contribution in [-0.2, 0) is 14.3 Å². The second-order valence-corrected chi connectivity index (χ2v) is 6.60. The number of carbonyl (C=O) groups excluding carboxylic acids is 3. The van der Waals surface area contributed by atoms with Gasteiger partial charge in [-0.25, -0.2) is 4.79 Å². The number of piperidine rings is 1. The molecule has 2 amide bonds. The van der Waals surface area contributed by atoms with Crippen LogP contribution >= 0.6 is 0 Å². The fraction of sp³-hybridized carbons (Fsp3) is 0.500. The predicted octanol–water partition coefficient (Wildman–Crippen LogP) is 1.21. The van der Waals surface area contributed by atoms with Crippen LogP contribution in [0.3, 0.4) is 0 Å². The Morgan fingerprint density at radius 3 is 2.24 bits per heavy atom. The number of rotatable bonds is 6. The molecule has 2 rings (SSSR count). The Kier molecular flexibility index (Phi) is 6.38. The summed E-state index contributed by atoms with van der Waals surface area (Å²) in [4.78, 5) is 36.7. The van der Waals surface area contributed by atoms with Gasteiger partial charge in [0.25, 0.3) is 11.8 Å². The van der Waals surface area contributed by atoms with Crippen molar-refractivity contribution < 1.29 is 23.9 Å². The van der Waals surface area contributed by atoms with Crippen LogP contribution < -0.4 is 10.5 Å². The number of esters is 1. The second-order valence-electron chi connectivity index (χ2n) is 6.60. The molecule has 0 spiro atoms. The van der Waals surface area contributed by atoms with Gasteiger partial charge in [0.05, 0.1) is 5.56 Å². The molecule has 1 saturated heterocycles. The first kappa shape index (κ1) is 18.8. The summed E-state index contributed by atoms with van der Waals surface area (Å²) in [5.74, 6) is -0.000155. The van der Waals surface area contributed by atoms with E-state index in [1.54, 1.807) is 4.90 Å². The SMILES string of the molecule is CC1CC(C)CN(C(=O)COC(=O)c2ccc(OCC(N)=O)cc2)C1. The molecule has 1 heterocycles. The molecule has 2 N–H and O–H groups in total. The third-order valence-corrected chi connectivity index (χ3v) is 4.02. The molecule has 1 aliphatic heterocycles. The Labute approximate surface area is 147 Å². The first-order chi connectivity index (χ1) is 11.8. The van der Waals surface area contributed by atoms with E-state index in [-0.39, 0.29) is 19.1 Å². The van der Waals surface area contributed by atoms with Crippen molar-refractivity contribution in [3.05, 3.63) is 29.8 Å². The van der Waals surface area contributed by atoms with Crippen LogP contribution in [0.15, 0.2) is 24.3 Å². The summed E-state index contributed by atoms with van der Waals surface area (Å²) in [5, 5.41) is 0. The van der Waals surface area contributed by atoms with Crippen molar-refractivity contribution in [2.75, 3.05) is 26.3 Å². The zero-order valence-corrected chi connectivity index (χ0v) is 14.6. The molecule has 2 unspecified atom stereocenters.